The fourth-order valence-corrected chi connectivity index (χ4v) is 3.01. The molecule has 0 fully saturated rings. The molecule has 2 aromatic carbocycles. The van der Waals surface area contributed by atoms with Crippen LogP contribution in [0.1, 0.15) is 11.5 Å². The van der Waals surface area contributed by atoms with Crippen molar-refractivity contribution in [2.45, 2.75) is 0 Å². The first-order chi connectivity index (χ1) is 13.4. The van der Waals surface area contributed by atoms with Crippen molar-refractivity contribution in [2.75, 3.05) is 25.2 Å². The number of anilines is 1. The second-order valence-electron chi connectivity index (χ2n) is 5.86. The summed E-state index contributed by atoms with van der Waals surface area (Å²) in [7, 11) is -0.163. The quantitative estimate of drug-likeness (QED) is 0.648. The van der Waals surface area contributed by atoms with Gasteiger partial charge in [-0.05, 0) is 48.0 Å². The van der Waals surface area contributed by atoms with Gasteiger partial charge in [0, 0.05) is 17.3 Å². The first kappa shape index (κ1) is 19.4. The lowest BCUT2D eigenvalue weighted by Crippen LogP contribution is -2.09. The molecule has 28 heavy (non-hydrogen) atoms. The van der Waals surface area contributed by atoms with Gasteiger partial charge >= 0.3 is 0 Å². The topological polar surface area (TPSA) is 104 Å². The minimum Gasteiger partial charge on any atom is -0.493 e. The molecule has 0 aliphatic rings. The predicted molar refractivity (Wildman–Crippen MR) is 107 cm³/mol. The van der Waals surface area contributed by atoms with E-state index in [-0.39, 0.29) is 0 Å². The summed E-state index contributed by atoms with van der Waals surface area (Å²) < 4.78 is 40.6. The van der Waals surface area contributed by atoms with Gasteiger partial charge in [-0.1, -0.05) is 11.2 Å². The minimum absolute atomic E-state index is 0.336. The Morgan fingerprint density at radius 3 is 2.36 bits per heavy atom. The number of rotatable bonds is 7. The molecule has 0 bridgehead atoms. The van der Waals surface area contributed by atoms with E-state index in [1.54, 1.807) is 44.6 Å². The van der Waals surface area contributed by atoms with Crippen LogP contribution in [0.3, 0.4) is 0 Å². The molecule has 0 atom stereocenters. The smallest absolute Gasteiger partial charge is 0.250 e. The first-order valence-corrected chi connectivity index (χ1v) is 10.1. The Morgan fingerprint density at radius 1 is 1.00 bits per heavy atom. The van der Waals surface area contributed by atoms with Crippen molar-refractivity contribution in [3.8, 4) is 22.9 Å². The van der Waals surface area contributed by atoms with Gasteiger partial charge in [0.05, 0.1) is 20.5 Å². The molecule has 1 heterocycles. The van der Waals surface area contributed by atoms with Crippen LogP contribution in [-0.4, -0.2) is 39.0 Å². The summed E-state index contributed by atoms with van der Waals surface area (Å²) >= 11 is 0. The van der Waals surface area contributed by atoms with Crippen molar-refractivity contribution in [1.29, 1.82) is 0 Å². The second kappa shape index (κ2) is 8.13. The lowest BCUT2D eigenvalue weighted by molar-refractivity contribution is 0.355. The minimum atomic E-state index is -3.32. The highest BCUT2D eigenvalue weighted by Gasteiger charge is 2.08. The Balaban J connectivity index is 1.74. The maximum absolute atomic E-state index is 11.3. The van der Waals surface area contributed by atoms with Gasteiger partial charge < -0.3 is 14.0 Å². The molecule has 3 rings (SSSR count). The van der Waals surface area contributed by atoms with Crippen molar-refractivity contribution in [2.24, 2.45) is 0 Å². The van der Waals surface area contributed by atoms with E-state index >= 15 is 0 Å². The van der Waals surface area contributed by atoms with Gasteiger partial charge in [0.25, 0.3) is 5.89 Å². The molecule has 0 spiro atoms. The lowest BCUT2D eigenvalue weighted by atomic mass is 10.2. The number of sulfonamides is 1. The van der Waals surface area contributed by atoms with Crippen LogP contribution in [0.5, 0.6) is 11.5 Å². The number of benzene rings is 2. The van der Waals surface area contributed by atoms with Gasteiger partial charge in [-0.25, -0.2) is 8.42 Å². The van der Waals surface area contributed by atoms with E-state index in [0.29, 0.717) is 34.5 Å². The number of nitrogens with one attached hydrogen (secondary N) is 1. The molecule has 0 amide bonds. The van der Waals surface area contributed by atoms with E-state index in [1.807, 2.05) is 24.3 Å². The molecule has 0 aliphatic heterocycles. The van der Waals surface area contributed by atoms with Crippen LogP contribution in [0.25, 0.3) is 23.5 Å². The standard InChI is InChI=1S/C19H19N3O5S/c1-25-16-10-4-13(12-17(16)26-2)5-11-18-20-19(21-27-18)14-6-8-15(9-7-14)22-28(3,23)24/h4-12,22H,1-3H3. The number of ether oxygens (including phenoxy) is 2. The van der Waals surface area contributed by atoms with Crippen LogP contribution in [0, 0.1) is 0 Å². The molecule has 0 radical (unpaired) electrons. The maximum atomic E-state index is 11.3. The summed E-state index contributed by atoms with van der Waals surface area (Å²) in [5, 5.41) is 3.94. The summed E-state index contributed by atoms with van der Waals surface area (Å²) in [6, 6.07) is 12.2. The molecule has 1 N–H and O–H groups in total. The highest BCUT2D eigenvalue weighted by atomic mass is 32.2. The van der Waals surface area contributed by atoms with Crippen LogP contribution >= 0.6 is 0 Å². The largest absolute Gasteiger partial charge is 0.493 e. The van der Waals surface area contributed by atoms with Crippen molar-refractivity contribution >= 4 is 27.9 Å². The summed E-state index contributed by atoms with van der Waals surface area (Å²) in [5.74, 6) is 2.01. The average molecular weight is 401 g/mol. The number of hydrogen-bond donors (Lipinski definition) is 1. The summed E-state index contributed by atoms with van der Waals surface area (Å²) in [6.07, 6.45) is 4.60. The molecule has 1 aromatic heterocycles. The zero-order valence-electron chi connectivity index (χ0n) is 15.5. The third-order valence-corrected chi connectivity index (χ3v) is 4.32. The third-order valence-electron chi connectivity index (χ3n) is 3.71. The zero-order valence-corrected chi connectivity index (χ0v) is 16.4. The Hall–Kier alpha value is -3.33. The maximum Gasteiger partial charge on any atom is 0.250 e. The summed E-state index contributed by atoms with van der Waals surface area (Å²) in [4.78, 5) is 4.32. The predicted octanol–water partition coefficient (Wildman–Crippen LogP) is 3.30. The molecule has 0 aliphatic carbocycles. The number of nitrogens with zero attached hydrogens (tertiary/aromatic N) is 2. The molecule has 146 valence electrons. The van der Waals surface area contributed by atoms with Gasteiger partial charge in [0.1, 0.15) is 0 Å². The normalized spacial score (nSPS) is 11.5. The van der Waals surface area contributed by atoms with Crippen LogP contribution in [0.2, 0.25) is 0 Å². The van der Waals surface area contributed by atoms with Crippen LogP contribution in [0.15, 0.2) is 47.0 Å². The zero-order chi connectivity index (χ0) is 20.1. The Bertz CT molecular complexity index is 1090. The molecule has 0 unspecified atom stereocenters. The van der Waals surface area contributed by atoms with Crippen molar-refractivity contribution in [3.05, 3.63) is 53.9 Å². The first-order valence-electron chi connectivity index (χ1n) is 8.20. The van der Waals surface area contributed by atoms with Crippen LogP contribution in [-0.2, 0) is 10.0 Å². The van der Waals surface area contributed by atoms with Crippen LogP contribution in [0.4, 0.5) is 5.69 Å². The highest BCUT2D eigenvalue weighted by Crippen LogP contribution is 2.28. The molecule has 8 nitrogen and oxygen atoms in total. The Kier molecular flexibility index (Phi) is 5.65. The van der Waals surface area contributed by atoms with Gasteiger partial charge in [-0.15, -0.1) is 0 Å². The van der Waals surface area contributed by atoms with Crippen molar-refractivity contribution < 1.29 is 22.4 Å². The van der Waals surface area contributed by atoms with E-state index in [9.17, 15) is 8.42 Å². The van der Waals surface area contributed by atoms with Gasteiger partial charge in [0.2, 0.25) is 15.8 Å². The molecular formula is C19H19N3O5S. The van der Waals surface area contributed by atoms with E-state index in [0.717, 1.165) is 11.8 Å². The molecule has 9 heteroatoms. The van der Waals surface area contributed by atoms with E-state index < -0.39 is 10.0 Å². The summed E-state index contributed by atoms with van der Waals surface area (Å²) in [6.45, 7) is 0. The number of hydrogen-bond acceptors (Lipinski definition) is 7. The van der Waals surface area contributed by atoms with Gasteiger partial charge in [0.15, 0.2) is 11.5 Å². The lowest BCUT2D eigenvalue weighted by Gasteiger charge is -2.07. The van der Waals surface area contributed by atoms with Gasteiger partial charge in [-0.3, -0.25) is 4.72 Å². The molecule has 0 saturated carbocycles. The fraction of sp³-hybridized carbons (Fsp3) is 0.158. The number of aromatic nitrogens is 2. The van der Waals surface area contributed by atoms with E-state index in [2.05, 4.69) is 14.9 Å². The van der Waals surface area contributed by atoms with Crippen molar-refractivity contribution in [3.63, 3.8) is 0 Å². The number of methoxy groups -OCH3 is 2. The monoisotopic (exact) mass is 401 g/mol. The second-order valence-corrected chi connectivity index (χ2v) is 7.60. The average Bonchev–Trinajstić information content (AvgIpc) is 3.14. The van der Waals surface area contributed by atoms with Gasteiger partial charge in [-0.2, -0.15) is 4.98 Å². The van der Waals surface area contributed by atoms with E-state index in [1.165, 1.54) is 0 Å². The van der Waals surface area contributed by atoms with Crippen LogP contribution < -0.4 is 14.2 Å². The fourth-order valence-electron chi connectivity index (χ4n) is 2.45. The Morgan fingerprint density at radius 2 is 1.71 bits per heavy atom. The van der Waals surface area contributed by atoms with Crippen molar-refractivity contribution in [1.82, 2.24) is 10.1 Å². The molecule has 0 saturated heterocycles. The SMILES string of the molecule is COc1ccc(C=Cc2nc(-c3ccc(NS(C)(=O)=O)cc3)no2)cc1OC. The molecular weight excluding hydrogens is 382 g/mol. The summed E-state index contributed by atoms with van der Waals surface area (Å²) in [5.41, 5.74) is 2.05. The Labute approximate surface area is 162 Å². The molecule has 3 aromatic rings. The highest BCUT2D eigenvalue weighted by molar-refractivity contribution is 7.92. The van der Waals surface area contributed by atoms with E-state index in [4.69, 9.17) is 14.0 Å². The third kappa shape index (κ3) is 4.89.